The van der Waals surface area contributed by atoms with E-state index in [1.165, 1.54) is 12.1 Å². The van der Waals surface area contributed by atoms with Crippen LogP contribution >= 0.6 is 0 Å². The highest BCUT2D eigenvalue weighted by Crippen LogP contribution is 2.24. The Labute approximate surface area is 197 Å². The Balaban J connectivity index is 1.60. The lowest BCUT2D eigenvalue weighted by Gasteiger charge is -2.21. The second-order valence-electron chi connectivity index (χ2n) is 8.13. The predicted octanol–water partition coefficient (Wildman–Crippen LogP) is 2.44. The van der Waals surface area contributed by atoms with Gasteiger partial charge in [-0.2, -0.15) is 4.72 Å². The molecule has 2 aromatic carbocycles. The Morgan fingerprint density at radius 3 is 2.53 bits per heavy atom. The second kappa shape index (κ2) is 10.7. The van der Waals surface area contributed by atoms with E-state index in [4.69, 9.17) is 4.74 Å². The average Bonchev–Trinajstić information content (AvgIpc) is 3.22. The third kappa shape index (κ3) is 6.17. The molecule has 2 amide bonds. The van der Waals surface area contributed by atoms with Gasteiger partial charge in [-0.3, -0.25) is 14.4 Å². The molecule has 1 aliphatic heterocycles. The van der Waals surface area contributed by atoms with Crippen molar-refractivity contribution >= 4 is 39.2 Å². The number of halogens is 1. The summed E-state index contributed by atoms with van der Waals surface area (Å²) in [7, 11) is -4.34. The Morgan fingerprint density at radius 1 is 1.15 bits per heavy atom. The van der Waals surface area contributed by atoms with Crippen LogP contribution in [0.15, 0.2) is 53.4 Å². The highest BCUT2D eigenvalue weighted by atomic mass is 32.2. The fourth-order valence-corrected chi connectivity index (χ4v) is 4.86. The van der Waals surface area contributed by atoms with Crippen molar-refractivity contribution in [3.63, 3.8) is 0 Å². The van der Waals surface area contributed by atoms with Crippen molar-refractivity contribution in [2.24, 2.45) is 5.92 Å². The van der Waals surface area contributed by atoms with Gasteiger partial charge in [-0.05, 0) is 42.7 Å². The van der Waals surface area contributed by atoms with Gasteiger partial charge in [-0.1, -0.05) is 32.0 Å². The van der Waals surface area contributed by atoms with Crippen LogP contribution in [0.3, 0.4) is 0 Å². The lowest BCUT2D eigenvalue weighted by atomic mass is 10.1. The zero-order chi connectivity index (χ0) is 24.9. The smallest absolute Gasteiger partial charge is 0.324 e. The zero-order valence-electron chi connectivity index (χ0n) is 18.8. The molecular weight excluding hydrogens is 465 g/mol. The monoisotopic (exact) mass is 491 g/mol. The minimum atomic E-state index is -4.34. The van der Waals surface area contributed by atoms with E-state index in [0.717, 1.165) is 18.6 Å². The Kier molecular flexibility index (Phi) is 8.00. The first-order chi connectivity index (χ1) is 16.1. The van der Waals surface area contributed by atoms with Gasteiger partial charge in [0.15, 0.2) is 6.61 Å². The van der Waals surface area contributed by atoms with Crippen LogP contribution in [-0.2, 0) is 29.1 Å². The summed E-state index contributed by atoms with van der Waals surface area (Å²) in [4.78, 5) is 37.8. The maximum atomic E-state index is 13.9. The molecule has 11 heteroatoms. The van der Waals surface area contributed by atoms with Gasteiger partial charge in [0.2, 0.25) is 15.9 Å². The van der Waals surface area contributed by atoms with Gasteiger partial charge in [-0.25, -0.2) is 12.8 Å². The fourth-order valence-electron chi connectivity index (χ4n) is 3.45. The number of carbonyl (C=O) groups is 3. The molecule has 0 unspecified atom stereocenters. The van der Waals surface area contributed by atoms with E-state index in [2.05, 4.69) is 10.0 Å². The molecule has 3 rings (SSSR count). The van der Waals surface area contributed by atoms with Crippen molar-refractivity contribution in [1.82, 2.24) is 4.72 Å². The number of nitrogens with zero attached hydrogens (tertiary/aromatic N) is 1. The van der Waals surface area contributed by atoms with Crippen LogP contribution in [0.5, 0.6) is 0 Å². The van der Waals surface area contributed by atoms with Crippen molar-refractivity contribution < 1.29 is 31.9 Å². The van der Waals surface area contributed by atoms with Gasteiger partial charge >= 0.3 is 5.97 Å². The van der Waals surface area contributed by atoms with E-state index >= 15 is 0 Å². The maximum absolute atomic E-state index is 13.9. The largest absolute Gasteiger partial charge is 0.454 e. The number of carbonyl (C=O) groups excluding carboxylic acids is 3. The van der Waals surface area contributed by atoms with E-state index in [9.17, 15) is 27.2 Å². The zero-order valence-corrected chi connectivity index (χ0v) is 19.6. The lowest BCUT2D eigenvalue weighted by molar-refractivity contribution is -0.150. The molecule has 2 aromatic rings. The first kappa shape index (κ1) is 25.3. The first-order valence-corrected chi connectivity index (χ1v) is 12.2. The summed E-state index contributed by atoms with van der Waals surface area (Å²) >= 11 is 0. The van der Waals surface area contributed by atoms with Crippen LogP contribution in [0.4, 0.5) is 15.8 Å². The third-order valence-corrected chi connectivity index (χ3v) is 6.66. The molecule has 0 bridgehead atoms. The number of benzene rings is 2. The Morgan fingerprint density at radius 2 is 1.88 bits per heavy atom. The second-order valence-corrected chi connectivity index (χ2v) is 9.81. The van der Waals surface area contributed by atoms with E-state index in [-0.39, 0.29) is 5.91 Å². The van der Waals surface area contributed by atoms with Gasteiger partial charge in [0.1, 0.15) is 16.8 Å². The lowest BCUT2D eigenvalue weighted by Crippen LogP contribution is -2.46. The van der Waals surface area contributed by atoms with Crippen molar-refractivity contribution in [2.75, 3.05) is 23.4 Å². The molecule has 1 heterocycles. The van der Waals surface area contributed by atoms with Crippen LogP contribution < -0.4 is 14.9 Å². The van der Waals surface area contributed by atoms with Gasteiger partial charge < -0.3 is 15.0 Å². The molecule has 9 nitrogen and oxygen atoms in total. The van der Waals surface area contributed by atoms with Crippen LogP contribution in [0.1, 0.15) is 26.7 Å². The fraction of sp³-hybridized carbons (Fsp3) is 0.348. The first-order valence-electron chi connectivity index (χ1n) is 10.7. The van der Waals surface area contributed by atoms with Crippen LogP contribution in [0, 0.1) is 11.7 Å². The molecule has 1 atom stereocenters. The molecular formula is C23H26FN3O6S. The Hall–Kier alpha value is -3.31. The normalized spacial score (nSPS) is 14.8. The molecule has 0 spiro atoms. The number of nitrogens with one attached hydrogen (secondary N) is 2. The molecule has 1 fully saturated rings. The van der Waals surface area contributed by atoms with E-state index in [1.807, 2.05) is 0 Å². The van der Waals surface area contributed by atoms with Crippen molar-refractivity contribution in [3.8, 4) is 0 Å². The van der Waals surface area contributed by atoms with Crippen molar-refractivity contribution in [3.05, 3.63) is 54.3 Å². The minimum absolute atomic E-state index is 0.00923. The Bertz CT molecular complexity index is 1180. The molecule has 182 valence electrons. The standard InChI is InChI=1S/C23H26FN3O6S/c1-15(2)22(26-34(31,32)19-10-4-3-9-18(19)24)23(30)33-14-20(28)25-16-7-5-8-17(13-16)27-12-6-11-21(27)29/h3-5,7-10,13,15,22,26H,6,11-12,14H2,1-2H3,(H,25,28)/t22-/m0/s1. The number of ether oxygens (including phenoxy) is 1. The molecule has 0 saturated carbocycles. The molecule has 0 radical (unpaired) electrons. The number of amides is 2. The summed E-state index contributed by atoms with van der Waals surface area (Å²) in [6.07, 6.45) is 1.24. The average molecular weight is 492 g/mol. The van der Waals surface area contributed by atoms with Gasteiger partial charge in [-0.15, -0.1) is 0 Å². The summed E-state index contributed by atoms with van der Waals surface area (Å²) in [6, 6.07) is 10.2. The third-order valence-electron chi connectivity index (χ3n) is 5.19. The van der Waals surface area contributed by atoms with Crippen LogP contribution in [0.2, 0.25) is 0 Å². The summed E-state index contributed by atoms with van der Waals surface area (Å²) in [5, 5.41) is 2.58. The number of rotatable bonds is 9. The summed E-state index contributed by atoms with van der Waals surface area (Å²) in [5.74, 6) is -3.09. The van der Waals surface area contributed by atoms with E-state index in [1.54, 1.807) is 43.0 Å². The molecule has 34 heavy (non-hydrogen) atoms. The van der Waals surface area contributed by atoms with Crippen LogP contribution in [-0.4, -0.2) is 45.4 Å². The highest BCUT2D eigenvalue weighted by Gasteiger charge is 2.31. The molecule has 0 aliphatic carbocycles. The molecule has 1 saturated heterocycles. The number of hydrogen-bond donors (Lipinski definition) is 2. The summed E-state index contributed by atoms with van der Waals surface area (Å²) < 4.78 is 46.2. The van der Waals surface area contributed by atoms with E-state index < -0.39 is 51.2 Å². The van der Waals surface area contributed by atoms with Gasteiger partial charge in [0.05, 0.1) is 0 Å². The van der Waals surface area contributed by atoms with Crippen LogP contribution in [0.25, 0.3) is 0 Å². The molecule has 0 aromatic heterocycles. The number of sulfonamides is 1. The maximum Gasteiger partial charge on any atom is 0.324 e. The predicted molar refractivity (Wildman–Crippen MR) is 123 cm³/mol. The van der Waals surface area contributed by atoms with Crippen molar-refractivity contribution in [1.29, 1.82) is 0 Å². The number of anilines is 2. The summed E-state index contributed by atoms with van der Waals surface area (Å²) in [6.45, 7) is 3.12. The SMILES string of the molecule is CC(C)[C@H](NS(=O)(=O)c1ccccc1F)C(=O)OCC(=O)Nc1cccc(N2CCCC2=O)c1. The topological polar surface area (TPSA) is 122 Å². The summed E-state index contributed by atoms with van der Waals surface area (Å²) in [5.41, 5.74) is 1.07. The van der Waals surface area contributed by atoms with Gasteiger partial charge in [0.25, 0.3) is 5.91 Å². The molecule has 2 N–H and O–H groups in total. The number of esters is 1. The minimum Gasteiger partial charge on any atom is -0.454 e. The van der Waals surface area contributed by atoms with E-state index in [0.29, 0.717) is 24.3 Å². The molecule has 1 aliphatic rings. The highest BCUT2D eigenvalue weighted by molar-refractivity contribution is 7.89. The van der Waals surface area contributed by atoms with Crippen molar-refractivity contribution in [2.45, 2.75) is 37.6 Å². The number of hydrogen-bond acceptors (Lipinski definition) is 6. The van der Waals surface area contributed by atoms with Gasteiger partial charge in [0, 0.05) is 24.3 Å². The quantitative estimate of drug-likeness (QED) is 0.520.